The van der Waals surface area contributed by atoms with Crippen molar-refractivity contribution in [3.05, 3.63) is 0 Å². The molecule has 1 rings (SSSR count). The van der Waals surface area contributed by atoms with Crippen LogP contribution < -0.4 is 5.32 Å². The SMILES string of the molecule is CC(C)(C(=O)O)C1=NCCN1. The summed E-state index contributed by atoms with van der Waals surface area (Å²) in [6.45, 7) is 4.73. The summed E-state index contributed by atoms with van der Waals surface area (Å²) >= 11 is 0. The first-order valence-electron chi connectivity index (χ1n) is 3.57. The van der Waals surface area contributed by atoms with Crippen molar-refractivity contribution in [1.29, 1.82) is 0 Å². The van der Waals surface area contributed by atoms with E-state index >= 15 is 0 Å². The number of hydrogen-bond acceptors (Lipinski definition) is 3. The fourth-order valence-corrected chi connectivity index (χ4v) is 0.918. The van der Waals surface area contributed by atoms with Gasteiger partial charge in [0, 0.05) is 6.54 Å². The van der Waals surface area contributed by atoms with Gasteiger partial charge in [-0.1, -0.05) is 0 Å². The summed E-state index contributed by atoms with van der Waals surface area (Å²) < 4.78 is 0. The average Bonchev–Trinajstić information content (AvgIpc) is 2.37. The van der Waals surface area contributed by atoms with E-state index in [1.165, 1.54) is 0 Å². The van der Waals surface area contributed by atoms with Crippen molar-refractivity contribution in [3.63, 3.8) is 0 Å². The van der Waals surface area contributed by atoms with E-state index in [0.29, 0.717) is 12.4 Å². The Bertz CT molecular complexity index is 208. The smallest absolute Gasteiger partial charge is 0.316 e. The molecule has 0 aliphatic carbocycles. The first kappa shape index (κ1) is 8.04. The summed E-state index contributed by atoms with van der Waals surface area (Å²) in [6, 6.07) is 0. The molecule has 0 bridgehead atoms. The number of hydrogen-bond donors (Lipinski definition) is 2. The van der Waals surface area contributed by atoms with Gasteiger partial charge in [0.1, 0.15) is 11.3 Å². The fourth-order valence-electron chi connectivity index (χ4n) is 0.918. The van der Waals surface area contributed by atoms with Crippen LogP contribution in [0.15, 0.2) is 4.99 Å². The van der Waals surface area contributed by atoms with Crippen LogP contribution in [0.2, 0.25) is 0 Å². The van der Waals surface area contributed by atoms with E-state index in [2.05, 4.69) is 10.3 Å². The van der Waals surface area contributed by atoms with E-state index in [-0.39, 0.29) is 0 Å². The molecular formula is C7H12N2O2. The third-order valence-electron chi connectivity index (χ3n) is 1.80. The predicted octanol–water partition coefficient (Wildman–Crippen LogP) is 0.0989. The lowest BCUT2D eigenvalue weighted by molar-refractivity contribution is -0.143. The van der Waals surface area contributed by atoms with Gasteiger partial charge >= 0.3 is 5.97 Å². The Labute approximate surface area is 65.3 Å². The van der Waals surface area contributed by atoms with E-state index in [1.54, 1.807) is 13.8 Å². The first-order valence-corrected chi connectivity index (χ1v) is 3.57. The molecular weight excluding hydrogens is 144 g/mol. The predicted molar refractivity (Wildman–Crippen MR) is 41.7 cm³/mol. The minimum atomic E-state index is -0.865. The third-order valence-corrected chi connectivity index (χ3v) is 1.80. The molecule has 1 aliphatic rings. The molecule has 0 amide bonds. The van der Waals surface area contributed by atoms with Gasteiger partial charge in [-0.3, -0.25) is 9.79 Å². The van der Waals surface area contributed by atoms with Crippen molar-refractivity contribution in [1.82, 2.24) is 5.32 Å². The second-order valence-corrected chi connectivity index (χ2v) is 3.09. The van der Waals surface area contributed by atoms with Gasteiger partial charge in [-0.05, 0) is 13.8 Å². The quantitative estimate of drug-likeness (QED) is 0.596. The Kier molecular flexibility index (Phi) is 1.85. The second-order valence-electron chi connectivity index (χ2n) is 3.09. The maximum absolute atomic E-state index is 10.7. The largest absolute Gasteiger partial charge is 0.481 e. The summed E-state index contributed by atoms with van der Waals surface area (Å²) in [7, 11) is 0. The number of aliphatic imine (C=N–C) groups is 1. The Balaban J connectivity index is 2.79. The number of carboxylic acid groups (broad SMARTS) is 1. The normalized spacial score (nSPS) is 17.5. The molecule has 0 unspecified atom stereocenters. The molecule has 0 spiro atoms. The number of carbonyl (C=O) groups is 1. The van der Waals surface area contributed by atoms with Gasteiger partial charge in [-0.2, -0.15) is 0 Å². The van der Waals surface area contributed by atoms with E-state index in [1.807, 2.05) is 0 Å². The Morgan fingerprint density at radius 1 is 1.73 bits per heavy atom. The summed E-state index contributed by atoms with van der Waals surface area (Å²) in [5, 5.41) is 11.7. The number of rotatable bonds is 2. The van der Waals surface area contributed by atoms with Gasteiger partial charge in [0.2, 0.25) is 0 Å². The van der Waals surface area contributed by atoms with Gasteiger partial charge in [0.25, 0.3) is 0 Å². The van der Waals surface area contributed by atoms with Crippen molar-refractivity contribution in [2.75, 3.05) is 13.1 Å². The van der Waals surface area contributed by atoms with Crippen molar-refractivity contribution in [2.45, 2.75) is 13.8 Å². The maximum Gasteiger partial charge on any atom is 0.316 e. The molecule has 0 aromatic rings. The standard InChI is InChI=1S/C7H12N2O2/c1-7(2,6(10)11)5-8-3-4-9-5/h3-4H2,1-2H3,(H,8,9)(H,10,11). The van der Waals surface area contributed by atoms with Crippen LogP contribution in [0.1, 0.15) is 13.8 Å². The molecule has 2 N–H and O–H groups in total. The minimum Gasteiger partial charge on any atom is -0.481 e. The van der Waals surface area contributed by atoms with E-state index in [0.717, 1.165) is 6.54 Å². The molecule has 4 nitrogen and oxygen atoms in total. The second kappa shape index (κ2) is 2.53. The van der Waals surface area contributed by atoms with Crippen LogP contribution in [0.3, 0.4) is 0 Å². The van der Waals surface area contributed by atoms with E-state index in [4.69, 9.17) is 5.11 Å². The van der Waals surface area contributed by atoms with Crippen LogP contribution in [0.25, 0.3) is 0 Å². The van der Waals surface area contributed by atoms with Gasteiger partial charge in [0.05, 0.1) is 6.54 Å². The molecule has 0 aromatic heterocycles. The van der Waals surface area contributed by atoms with Gasteiger partial charge in [-0.25, -0.2) is 0 Å². The summed E-state index contributed by atoms with van der Waals surface area (Å²) in [5.41, 5.74) is -0.865. The molecule has 0 saturated carbocycles. The first-order chi connectivity index (χ1) is 5.05. The lowest BCUT2D eigenvalue weighted by Gasteiger charge is -2.18. The molecule has 0 radical (unpaired) electrons. The highest BCUT2D eigenvalue weighted by molar-refractivity contribution is 6.04. The van der Waals surface area contributed by atoms with Crippen LogP contribution in [0, 0.1) is 5.41 Å². The summed E-state index contributed by atoms with van der Waals surface area (Å²) in [4.78, 5) is 14.7. The van der Waals surface area contributed by atoms with Crippen LogP contribution in [0.5, 0.6) is 0 Å². The maximum atomic E-state index is 10.7. The topological polar surface area (TPSA) is 61.7 Å². The molecule has 62 valence electrons. The number of aliphatic carboxylic acids is 1. The van der Waals surface area contributed by atoms with E-state index in [9.17, 15) is 4.79 Å². The molecule has 11 heavy (non-hydrogen) atoms. The van der Waals surface area contributed by atoms with Crippen molar-refractivity contribution >= 4 is 11.8 Å². The molecule has 0 aromatic carbocycles. The molecule has 0 atom stereocenters. The minimum absolute atomic E-state index is 0.588. The van der Waals surface area contributed by atoms with Crippen LogP contribution in [-0.4, -0.2) is 30.0 Å². The van der Waals surface area contributed by atoms with E-state index < -0.39 is 11.4 Å². The molecule has 0 fully saturated rings. The molecule has 0 saturated heterocycles. The van der Waals surface area contributed by atoms with Crippen molar-refractivity contribution < 1.29 is 9.90 Å². The lowest BCUT2D eigenvalue weighted by atomic mass is 9.92. The zero-order chi connectivity index (χ0) is 8.48. The molecule has 1 aliphatic heterocycles. The summed E-state index contributed by atoms with van der Waals surface area (Å²) in [6.07, 6.45) is 0. The van der Waals surface area contributed by atoms with Crippen molar-refractivity contribution in [3.8, 4) is 0 Å². The monoisotopic (exact) mass is 156 g/mol. The summed E-state index contributed by atoms with van der Waals surface area (Å²) in [5.74, 6) is -0.254. The van der Waals surface area contributed by atoms with Gasteiger partial charge in [0.15, 0.2) is 0 Å². The van der Waals surface area contributed by atoms with Crippen LogP contribution in [0.4, 0.5) is 0 Å². The average molecular weight is 156 g/mol. The Morgan fingerprint density at radius 3 is 2.73 bits per heavy atom. The zero-order valence-electron chi connectivity index (χ0n) is 6.72. The zero-order valence-corrected chi connectivity index (χ0v) is 6.72. The van der Waals surface area contributed by atoms with Crippen molar-refractivity contribution in [2.24, 2.45) is 10.4 Å². The van der Waals surface area contributed by atoms with Crippen LogP contribution >= 0.6 is 0 Å². The Morgan fingerprint density at radius 2 is 2.36 bits per heavy atom. The lowest BCUT2D eigenvalue weighted by Crippen LogP contribution is -2.40. The fraction of sp³-hybridized carbons (Fsp3) is 0.714. The molecule has 1 heterocycles. The highest BCUT2D eigenvalue weighted by atomic mass is 16.4. The number of nitrogens with zero attached hydrogens (tertiary/aromatic N) is 1. The highest BCUT2D eigenvalue weighted by Gasteiger charge is 2.34. The van der Waals surface area contributed by atoms with Crippen LogP contribution in [-0.2, 0) is 4.79 Å². The Hall–Kier alpha value is -1.06. The molecule has 4 heteroatoms. The number of amidine groups is 1. The van der Waals surface area contributed by atoms with Gasteiger partial charge < -0.3 is 10.4 Å². The highest BCUT2D eigenvalue weighted by Crippen LogP contribution is 2.17. The third kappa shape index (κ3) is 1.34. The van der Waals surface area contributed by atoms with Gasteiger partial charge in [-0.15, -0.1) is 0 Å². The number of carboxylic acids is 1. The number of nitrogens with one attached hydrogen (secondary N) is 1.